The minimum absolute atomic E-state index is 0.0879. The number of unbranched alkanes of at least 4 members (excludes halogenated alkanes) is 2. The number of pyridine rings is 1. The van der Waals surface area contributed by atoms with Gasteiger partial charge >= 0.3 is 5.97 Å². The zero-order valence-corrected chi connectivity index (χ0v) is 22.0. The number of hydrogen-bond acceptors (Lipinski definition) is 8. The lowest BCUT2D eigenvalue weighted by molar-refractivity contribution is -0.137. The molecule has 3 rings (SSSR count). The first-order valence-corrected chi connectivity index (χ1v) is 13.0. The standard InChI is InChI=1S/C24H31N5O4S2/c1-4-28-21(27-12-10-26(3)11-13-27)17(16(2)18(15-25)22(28)32)14-19-23(33)29(24(34)35-19)9-7-5-6-8-20(30)31/h14H,4-13H2,1-3H3,(H,30,31)/b19-14+. The number of amides is 1. The lowest BCUT2D eigenvalue weighted by Gasteiger charge is -2.36. The van der Waals surface area contributed by atoms with Crippen LogP contribution in [0.3, 0.4) is 0 Å². The van der Waals surface area contributed by atoms with Gasteiger partial charge in [-0.2, -0.15) is 5.26 Å². The summed E-state index contributed by atoms with van der Waals surface area (Å²) in [6, 6.07) is 2.06. The van der Waals surface area contributed by atoms with E-state index >= 15 is 0 Å². The van der Waals surface area contributed by atoms with Crippen LogP contribution >= 0.6 is 24.0 Å². The van der Waals surface area contributed by atoms with E-state index < -0.39 is 5.97 Å². The van der Waals surface area contributed by atoms with Crippen LogP contribution in [0.5, 0.6) is 0 Å². The molecule has 188 valence electrons. The molecule has 0 unspecified atom stereocenters. The van der Waals surface area contributed by atoms with Crippen LogP contribution in [0.25, 0.3) is 6.08 Å². The molecule has 2 aliphatic rings. The van der Waals surface area contributed by atoms with Gasteiger partial charge in [0.05, 0.1) is 4.91 Å². The second kappa shape index (κ2) is 11.8. The van der Waals surface area contributed by atoms with Gasteiger partial charge in [0.25, 0.3) is 11.5 Å². The molecule has 0 aromatic carbocycles. The zero-order chi connectivity index (χ0) is 25.7. The number of piperazine rings is 1. The minimum atomic E-state index is -0.824. The van der Waals surface area contributed by atoms with E-state index in [-0.39, 0.29) is 23.5 Å². The molecule has 1 amide bonds. The molecule has 3 heterocycles. The maximum Gasteiger partial charge on any atom is 0.303 e. The van der Waals surface area contributed by atoms with E-state index in [0.29, 0.717) is 52.7 Å². The lowest BCUT2D eigenvalue weighted by Crippen LogP contribution is -2.47. The van der Waals surface area contributed by atoms with Crippen LogP contribution in [0.4, 0.5) is 5.82 Å². The van der Waals surface area contributed by atoms with Gasteiger partial charge in [-0.3, -0.25) is 23.9 Å². The Bertz CT molecular complexity index is 1150. The third-order valence-corrected chi connectivity index (χ3v) is 7.76. The summed E-state index contributed by atoms with van der Waals surface area (Å²) >= 11 is 6.68. The van der Waals surface area contributed by atoms with Crippen molar-refractivity contribution in [2.75, 3.05) is 44.7 Å². The van der Waals surface area contributed by atoms with Gasteiger partial charge in [-0.1, -0.05) is 30.4 Å². The van der Waals surface area contributed by atoms with E-state index in [4.69, 9.17) is 17.3 Å². The molecule has 0 bridgehead atoms. The van der Waals surface area contributed by atoms with E-state index in [1.807, 2.05) is 6.92 Å². The number of nitrogens with zero attached hydrogens (tertiary/aromatic N) is 5. The fourth-order valence-corrected chi connectivity index (χ4v) is 5.63. The van der Waals surface area contributed by atoms with Crippen LogP contribution < -0.4 is 10.5 Å². The fourth-order valence-electron chi connectivity index (χ4n) is 4.34. The number of likely N-dealkylation sites (N-methyl/N-ethyl adjacent to an activating group) is 1. The highest BCUT2D eigenvalue weighted by Crippen LogP contribution is 2.36. The second-order valence-electron chi connectivity index (χ2n) is 8.73. The molecular weight excluding hydrogens is 486 g/mol. The Kier molecular flexibility index (Phi) is 9.10. The number of hydrogen-bond donors (Lipinski definition) is 1. The van der Waals surface area contributed by atoms with Crippen LogP contribution in [0.2, 0.25) is 0 Å². The van der Waals surface area contributed by atoms with Crippen molar-refractivity contribution < 1.29 is 14.7 Å². The van der Waals surface area contributed by atoms with Gasteiger partial charge in [-0.25, -0.2) is 0 Å². The maximum atomic E-state index is 13.2. The highest BCUT2D eigenvalue weighted by Gasteiger charge is 2.33. The number of aliphatic carboxylic acids is 1. The molecular formula is C24H31N5O4S2. The molecule has 1 aromatic rings. The monoisotopic (exact) mass is 517 g/mol. The van der Waals surface area contributed by atoms with Crippen molar-refractivity contribution in [3.8, 4) is 6.07 Å². The second-order valence-corrected chi connectivity index (χ2v) is 10.4. The zero-order valence-electron chi connectivity index (χ0n) is 20.4. The SMILES string of the molecule is CCn1c(N2CCN(C)CC2)c(/C=C2/SC(=S)N(CCCCCC(=O)O)C2=O)c(C)c(C#N)c1=O. The molecule has 0 atom stereocenters. The van der Waals surface area contributed by atoms with Crippen LogP contribution in [0.15, 0.2) is 9.70 Å². The van der Waals surface area contributed by atoms with Gasteiger partial charge in [0.15, 0.2) is 0 Å². The average Bonchev–Trinajstić information content (AvgIpc) is 3.08. The number of nitriles is 1. The number of carbonyl (C=O) groups is 2. The Balaban J connectivity index is 1.96. The quantitative estimate of drug-likeness (QED) is 0.300. The highest BCUT2D eigenvalue weighted by atomic mass is 32.2. The largest absolute Gasteiger partial charge is 0.481 e. The molecule has 2 aliphatic heterocycles. The van der Waals surface area contributed by atoms with Crippen LogP contribution in [0, 0.1) is 18.3 Å². The molecule has 2 saturated heterocycles. The first-order valence-electron chi connectivity index (χ1n) is 11.8. The van der Waals surface area contributed by atoms with E-state index in [9.17, 15) is 19.6 Å². The number of aromatic nitrogens is 1. The van der Waals surface area contributed by atoms with Crippen molar-refractivity contribution in [3.05, 3.63) is 31.9 Å². The molecule has 0 saturated carbocycles. The predicted octanol–water partition coefficient (Wildman–Crippen LogP) is 2.65. The van der Waals surface area contributed by atoms with Crippen molar-refractivity contribution in [2.24, 2.45) is 0 Å². The number of carboxylic acid groups (broad SMARTS) is 1. The number of thiocarbonyl (C=S) groups is 1. The summed E-state index contributed by atoms with van der Waals surface area (Å²) in [6.07, 6.45) is 3.81. The number of anilines is 1. The highest BCUT2D eigenvalue weighted by molar-refractivity contribution is 8.26. The smallest absolute Gasteiger partial charge is 0.303 e. The summed E-state index contributed by atoms with van der Waals surface area (Å²) in [5.41, 5.74) is 1.04. The molecule has 35 heavy (non-hydrogen) atoms. The first kappa shape index (κ1) is 26.9. The molecule has 9 nitrogen and oxygen atoms in total. The van der Waals surface area contributed by atoms with E-state index in [1.54, 1.807) is 22.5 Å². The number of carbonyl (C=O) groups excluding carboxylic acids is 1. The van der Waals surface area contributed by atoms with Crippen LogP contribution in [-0.2, 0) is 16.1 Å². The number of carboxylic acids is 1. The van der Waals surface area contributed by atoms with Gasteiger partial charge in [-0.15, -0.1) is 0 Å². The van der Waals surface area contributed by atoms with Gasteiger partial charge in [0.1, 0.15) is 21.8 Å². The van der Waals surface area contributed by atoms with Gasteiger partial charge in [0, 0.05) is 51.3 Å². The molecule has 0 spiro atoms. The van der Waals surface area contributed by atoms with E-state index in [0.717, 1.165) is 32.0 Å². The Labute approximate surface area is 215 Å². The summed E-state index contributed by atoms with van der Waals surface area (Å²) in [7, 11) is 2.06. The lowest BCUT2D eigenvalue weighted by atomic mass is 10.0. The average molecular weight is 518 g/mol. The molecule has 0 radical (unpaired) electrons. The van der Waals surface area contributed by atoms with Crippen molar-refractivity contribution in [1.82, 2.24) is 14.4 Å². The van der Waals surface area contributed by atoms with Gasteiger partial charge in [-0.05, 0) is 45.4 Å². The normalized spacial score (nSPS) is 17.9. The molecule has 1 aromatic heterocycles. The first-order chi connectivity index (χ1) is 16.7. The number of thioether (sulfide) groups is 1. The summed E-state index contributed by atoms with van der Waals surface area (Å²) in [5.74, 6) is -0.286. The fraction of sp³-hybridized carbons (Fsp3) is 0.542. The van der Waals surface area contributed by atoms with Crippen molar-refractivity contribution in [2.45, 2.75) is 46.1 Å². The van der Waals surface area contributed by atoms with E-state index in [1.165, 1.54) is 11.8 Å². The van der Waals surface area contributed by atoms with Crippen molar-refractivity contribution >= 4 is 52.1 Å². The summed E-state index contributed by atoms with van der Waals surface area (Å²) in [6.45, 7) is 7.65. The van der Waals surface area contributed by atoms with Crippen LogP contribution in [-0.4, -0.2) is 75.4 Å². The Morgan fingerprint density at radius 2 is 1.89 bits per heavy atom. The third-order valence-electron chi connectivity index (χ3n) is 6.39. The number of rotatable bonds is 9. The summed E-state index contributed by atoms with van der Waals surface area (Å²) in [4.78, 5) is 43.4. The molecule has 11 heteroatoms. The topological polar surface area (TPSA) is 110 Å². The molecule has 0 aliphatic carbocycles. The van der Waals surface area contributed by atoms with Crippen molar-refractivity contribution in [3.63, 3.8) is 0 Å². The Morgan fingerprint density at radius 3 is 2.49 bits per heavy atom. The molecule has 1 N–H and O–H groups in total. The summed E-state index contributed by atoms with van der Waals surface area (Å²) in [5, 5.41) is 18.5. The maximum absolute atomic E-state index is 13.2. The van der Waals surface area contributed by atoms with Gasteiger partial charge < -0.3 is 14.9 Å². The Hall–Kier alpha value is -2.68. The predicted molar refractivity (Wildman–Crippen MR) is 142 cm³/mol. The third kappa shape index (κ3) is 5.94. The van der Waals surface area contributed by atoms with E-state index in [2.05, 4.69) is 22.9 Å². The van der Waals surface area contributed by atoms with Crippen LogP contribution in [0.1, 0.15) is 49.3 Å². The summed E-state index contributed by atoms with van der Waals surface area (Å²) < 4.78 is 2.09. The molecule has 2 fully saturated rings. The van der Waals surface area contributed by atoms with Crippen molar-refractivity contribution in [1.29, 1.82) is 5.26 Å². The Morgan fingerprint density at radius 1 is 1.20 bits per heavy atom. The minimum Gasteiger partial charge on any atom is -0.481 e. The van der Waals surface area contributed by atoms with Gasteiger partial charge in [0.2, 0.25) is 0 Å².